The number of hydrogen-bond acceptors (Lipinski definition) is 7. The highest BCUT2D eigenvalue weighted by Crippen LogP contribution is 2.23. The van der Waals surface area contributed by atoms with Crippen LogP contribution in [0.2, 0.25) is 0 Å². The fourth-order valence-corrected chi connectivity index (χ4v) is 2.84. The molecule has 2 aromatic rings. The third-order valence-corrected chi connectivity index (χ3v) is 4.18. The summed E-state index contributed by atoms with van der Waals surface area (Å²) in [7, 11) is 2.04. The lowest BCUT2D eigenvalue weighted by Gasteiger charge is -2.37. The van der Waals surface area contributed by atoms with Gasteiger partial charge in [0.25, 0.3) is 0 Å². The van der Waals surface area contributed by atoms with Crippen LogP contribution in [0.3, 0.4) is 0 Å². The van der Waals surface area contributed by atoms with E-state index in [-0.39, 0.29) is 0 Å². The zero-order valence-electron chi connectivity index (χ0n) is 13.3. The summed E-state index contributed by atoms with van der Waals surface area (Å²) in [4.78, 5) is 21.5. The van der Waals surface area contributed by atoms with Crippen LogP contribution in [0.5, 0.6) is 0 Å². The standard InChI is InChI=1S/C16H19N7/c1-12-10-20-16(21-11-12)22(2)13-3-7-23(8-4-13)15-14(9-17)18-5-6-19-15/h5-6,10-11,13H,3-4,7-8H2,1-2H3. The van der Waals surface area contributed by atoms with Gasteiger partial charge in [-0.2, -0.15) is 5.26 Å². The highest BCUT2D eigenvalue weighted by molar-refractivity contribution is 5.50. The molecule has 7 heteroatoms. The number of anilines is 2. The minimum atomic E-state index is 0.385. The Balaban J connectivity index is 1.66. The van der Waals surface area contributed by atoms with E-state index in [2.05, 4.69) is 35.8 Å². The highest BCUT2D eigenvalue weighted by Gasteiger charge is 2.26. The molecule has 7 nitrogen and oxygen atoms in total. The van der Waals surface area contributed by atoms with Gasteiger partial charge in [-0.15, -0.1) is 0 Å². The van der Waals surface area contributed by atoms with Gasteiger partial charge in [-0.1, -0.05) is 0 Å². The molecule has 118 valence electrons. The van der Waals surface area contributed by atoms with Crippen molar-refractivity contribution in [2.24, 2.45) is 0 Å². The molecule has 2 aromatic heterocycles. The summed E-state index contributed by atoms with van der Waals surface area (Å²) < 4.78 is 0. The van der Waals surface area contributed by atoms with Crippen LogP contribution in [-0.2, 0) is 0 Å². The largest absolute Gasteiger partial charge is 0.354 e. The van der Waals surface area contributed by atoms with Crippen LogP contribution in [-0.4, -0.2) is 46.1 Å². The maximum atomic E-state index is 9.16. The molecule has 0 bridgehead atoms. The van der Waals surface area contributed by atoms with Crippen LogP contribution < -0.4 is 9.80 Å². The molecular weight excluding hydrogens is 290 g/mol. The Bertz CT molecular complexity index is 699. The van der Waals surface area contributed by atoms with Crippen molar-refractivity contribution >= 4 is 11.8 Å². The number of hydrogen-bond donors (Lipinski definition) is 0. The number of aromatic nitrogens is 4. The molecule has 1 saturated heterocycles. The molecule has 0 saturated carbocycles. The topological polar surface area (TPSA) is 81.8 Å². The van der Waals surface area contributed by atoms with E-state index in [1.54, 1.807) is 12.4 Å². The van der Waals surface area contributed by atoms with Crippen LogP contribution >= 0.6 is 0 Å². The normalized spacial score (nSPS) is 15.3. The Morgan fingerprint density at radius 3 is 2.43 bits per heavy atom. The molecule has 0 aromatic carbocycles. The maximum absolute atomic E-state index is 9.16. The fraction of sp³-hybridized carbons (Fsp3) is 0.438. The molecule has 0 aliphatic carbocycles. The Morgan fingerprint density at radius 2 is 1.78 bits per heavy atom. The van der Waals surface area contributed by atoms with Gasteiger partial charge < -0.3 is 9.80 Å². The summed E-state index contributed by atoms with van der Waals surface area (Å²) in [5.74, 6) is 1.44. The van der Waals surface area contributed by atoms with Gasteiger partial charge in [0.2, 0.25) is 5.95 Å². The van der Waals surface area contributed by atoms with Gasteiger partial charge >= 0.3 is 0 Å². The van der Waals surface area contributed by atoms with E-state index in [9.17, 15) is 0 Å². The van der Waals surface area contributed by atoms with Crippen LogP contribution in [0.4, 0.5) is 11.8 Å². The van der Waals surface area contributed by atoms with Crippen molar-refractivity contribution in [3.63, 3.8) is 0 Å². The number of nitrogens with zero attached hydrogens (tertiary/aromatic N) is 7. The molecule has 3 heterocycles. The van der Waals surface area contributed by atoms with Crippen molar-refractivity contribution in [3.8, 4) is 6.07 Å². The molecule has 0 amide bonds. The first-order chi connectivity index (χ1) is 11.2. The van der Waals surface area contributed by atoms with Crippen LogP contribution in [0.1, 0.15) is 24.1 Å². The summed E-state index contributed by atoms with van der Waals surface area (Å²) in [6.45, 7) is 3.67. The van der Waals surface area contributed by atoms with Crippen LogP contribution in [0, 0.1) is 18.3 Å². The fourth-order valence-electron chi connectivity index (χ4n) is 2.84. The predicted molar refractivity (Wildman–Crippen MR) is 87.2 cm³/mol. The predicted octanol–water partition coefficient (Wildman–Crippen LogP) is 1.55. The Kier molecular flexibility index (Phi) is 4.33. The number of aryl methyl sites for hydroxylation is 1. The lowest BCUT2D eigenvalue weighted by atomic mass is 10.0. The smallest absolute Gasteiger partial charge is 0.225 e. The van der Waals surface area contributed by atoms with Crippen molar-refractivity contribution in [1.29, 1.82) is 5.26 Å². The third-order valence-electron chi connectivity index (χ3n) is 4.18. The van der Waals surface area contributed by atoms with Gasteiger partial charge in [0, 0.05) is 51.0 Å². The molecule has 0 N–H and O–H groups in total. The molecule has 3 rings (SSSR count). The first-order valence-corrected chi connectivity index (χ1v) is 7.66. The van der Waals surface area contributed by atoms with E-state index >= 15 is 0 Å². The molecule has 23 heavy (non-hydrogen) atoms. The summed E-state index contributed by atoms with van der Waals surface area (Å²) in [6.07, 6.45) is 8.80. The van der Waals surface area contributed by atoms with Gasteiger partial charge in [0.05, 0.1) is 0 Å². The minimum Gasteiger partial charge on any atom is -0.354 e. The van der Waals surface area contributed by atoms with Gasteiger partial charge in [-0.05, 0) is 25.3 Å². The third kappa shape index (κ3) is 3.21. The van der Waals surface area contributed by atoms with Gasteiger partial charge in [0.1, 0.15) is 6.07 Å². The second-order valence-corrected chi connectivity index (χ2v) is 5.73. The summed E-state index contributed by atoms with van der Waals surface area (Å²) in [5.41, 5.74) is 1.45. The monoisotopic (exact) mass is 309 g/mol. The van der Waals surface area contributed by atoms with E-state index < -0.39 is 0 Å². The molecule has 1 aliphatic heterocycles. The summed E-state index contributed by atoms with van der Waals surface area (Å²) in [5, 5.41) is 9.16. The summed E-state index contributed by atoms with van der Waals surface area (Å²) in [6, 6.07) is 2.50. The molecule has 0 radical (unpaired) electrons. The second kappa shape index (κ2) is 6.57. The Labute approximate surface area is 135 Å². The zero-order chi connectivity index (χ0) is 16.2. The molecule has 0 atom stereocenters. The van der Waals surface area contributed by atoms with Crippen molar-refractivity contribution < 1.29 is 0 Å². The molecule has 0 spiro atoms. The van der Waals surface area contributed by atoms with Crippen LogP contribution in [0.15, 0.2) is 24.8 Å². The molecule has 1 fully saturated rings. The Morgan fingerprint density at radius 1 is 1.13 bits per heavy atom. The average Bonchev–Trinajstić information content (AvgIpc) is 2.62. The minimum absolute atomic E-state index is 0.385. The lowest BCUT2D eigenvalue weighted by molar-refractivity contribution is 0.475. The lowest BCUT2D eigenvalue weighted by Crippen LogP contribution is -2.44. The first-order valence-electron chi connectivity index (χ1n) is 7.66. The van der Waals surface area contributed by atoms with Gasteiger partial charge in [0.15, 0.2) is 11.5 Å². The average molecular weight is 309 g/mol. The van der Waals surface area contributed by atoms with E-state index in [1.807, 2.05) is 26.4 Å². The quantitative estimate of drug-likeness (QED) is 0.850. The highest BCUT2D eigenvalue weighted by atomic mass is 15.3. The van der Waals surface area contributed by atoms with Crippen molar-refractivity contribution in [2.45, 2.75) is 25.8 Å². The van der Waals surface area contributed by atoms with Gasteiger partial charge in [-0.3, -0.25) is 0 Å². The van der Waals surface area contributed by atoms with E-state index in [0.29, 0.717) is 17.6 Å². The van der Waals surface area contributed by atoms with Crippen molar-refractivity contribution in [2.75, 3.05) is 29.9 Å². The Hall–Kier alpha value is -2.75. The SMILES string of the molecule is Cc1cnc(N(C)C2CCN(c3nccnc3C#N)CC2)nc1. The van der Waals surface area contributed by atoms with Crippen molar-refractivity contribution in [3.05, 3.63) is 36.0 Å². The maximum Gasteiger partial charge on any atom is 0.225 e. The number of nitriles is 1. The zero-order valence-corrected chi connectivity index (χ0v) is 13.3. The summed E-state index contributed by atoms with van der Waals surface area (Å²) >= 11 is 0. The molecule has 0 unspecified atom stereocenters. The van der Waals surface area contributed by atoms with Crippen LogP contribution in [0.25, 0.3) is 0 Å². The van der Waals surface area contributed by atoms with Gasteiger partial charge in [-0.25, -0.2) is 19.9 Å². The molecule has 1 aliphatic rings. The van der Waals surface area contributed by atoms with E-state index in [4.69, 9.17) is 5.26 Å². The molecular formula is C16H19N7. The van der Waals surface area contributed by atoms with E-state index in [1.165, 1.54) is 0 Å². The number of rotatable bonds is 3. The van der Waals surface area contributed by atoms with Crippen molar-refractivity contribution in [1.82, 2.24) is 19.9 Å². The number of piperidine rings is 1. The van der Waals surface area contributed by atoms with E-state index in [0.717, 1.165) is 37.4 Å². The second-order valence-electron chi connectivity index (χ2n) is 5.73. The first kappa shape index (κ1) is 15.2.